The van der Waals surface area contributed by atoms with Gasteiger partial charge in [0.1, 0.15) is 6.61 Å². The Morgan fingerprint density at radius 1 is 1.00 bits per heavy atom. The van der Waals surface area contributed by atoms with Gasteiger partial charge in [-0.05, 0) is 18.2 Å². The fraction of sp³-hybridized carbons (Fsp3) is 0.0714. The van der Waals surface area contributed by atoms with Crippen LogP contribution in [0.25, 0.3) is 0 Å². The third kappa shape index (κ3) is 2.46. The van der Waals surface area contributed by atoms with Gasteiger partial charge >= 0.3 is 0 Å². The summed E-state index contributed by atoms with van der Waals surface area (Å²) in [7, 11) is 0. The number of rotatable bonds is 3. The van der Waals surface area contributed by atoms with E-state index < -0.39 is 17.4 Å². The zero-order valence-corrected chi connectivity index (χ0v) is 9.36. The van der Waals surface area contributed by atoms with Crippen LogP contribution in [0.3, 0.4) is 0 Å². The summed E-state index contributed by atoms with van der Waals surface area (Å²) < 4.78 is 31.7. The molecule has 2 aromatic rings. The SMILES string of the molecule is N#Cc1ccccc1COc1c(F)cccc1F. The number of nitrogens with zero attached hydrogens (tertiary/aromatic N) is 1. The van der Waals surface area contributed by atoms with Crippen LogP contribution < -0.4 is 4.74 Å². The molecule has 0 atom stereocenters. The van der Waals surface area contributed by atoms with Gasteiger partial charge in [0.15, 0.2) is 17.4 Å². The Kier molecular flexibility index (Phi) is 3.54. The van der Waals surface area contributed by atoms with Crippen LogP contribution in [-0.2, 0) is 6.61 Å². The van der Waals surface area contributed by atoms with Gasteiger partial charge in [-0.25, -0.2) is 8.78 Å². The van der Waals surface area contributed by atoms with Crippen molar-refractivity contribution >= 4 is 0 Å². The van der Waals surface area contributed by atoms with Crippen LogP contribution in [0.2, 0.25) is 0 Å². The first kappa shape index (κ1) is 12.1. The summed E-state index contributed by atoms with van der Waals surface area (Å²) in [6.45, 7) is -0.0540. The van der Waals surface area contributed by atoms with Crippen molar-refractivity contribution < 1.29 is 13.5 Å². The van der Waals surface area contributed by atoms with Crippen molar-refractivity contribution in [1.82, 2.24) is 0 Å². The van der Waals surface area contributed by atoms with Crippen LogP contribution >= 0.6 is 0 Å². The number of hydrogen-bond acceptors (Lipinski definition) is 2. The monoisotopic (exact) mass is 245 g/mol. The third-order valence-corrected chi connectivity index (χ3v) is 2.43. The van der Waals surface area contributed by atoms with Crippen LogP contribution in [0.15, 0.2) is 42.5 Å². The molecular weight excluding hydrogens is 236 g/mol. The van der Waals surface area contributed by atoms with E-state index in [-0.39, 0.29) is 6.61 Å². The van der Waals surface area contributed by atoms with E-state index in [1.807, 2.05) is 6.07 Å². The van der Waals surface area contributed by atoms with Gasteiger partial charge in [-0.2, -0.15) is 5.26 Å². The minimum atomic E-state index is -0.760. The summed E-state index contributed by atoms with van der Waals surface area (Å²) in [6.07, 6.45) is 0. The van der Waals surface area contributed by atoms with Gasteiger partial charge in [0.05, 0.1) is 11.6 Å². The van der Waals surface area contributed by atoms with Crippen LogP contribution in [0, 0.1) is 23.0 Å². The molecule has 4 heteroatoms. The minimum Gasteiger partial charge on any atom is -0.483 e. The van der Waals surface area contributed by atoms with Crippen LogP contribution in [-0.4, -0.2) is 0 Å². The predicted molar refractivity (Wildman–Crippen MR) is 61.8 cm³/mol. The fourth-order valence-corrected chi connectivity index (χ4v) is 1.53. The van der Waals surface area contributed by atoms with Crippen molar-refractivity contribution in [3.05, 3.63) is 65.2 Å². The molecule has 0 N–H and O–H groups in total. The Bertz CT molecular complexity index is 585. The quantitative estimate of drug-likeness (QED) is 0.830. The average molecular weight is 245 g/mol. The lowest BCUT2D eigenvalue weighted by molar-refractivity contribution is 0.274. The molecule has 2 aromatic carbocycles. The number of benzene rings is 2. The second-order valence-electron chi connectivity index (χ2n) is 3.61. The molecule has 0 aromatic heterocycles. The van der Waals surface area contributed by atoms with E-state index in [9.17, 15) is 8.78 Å². The minimum absolute atomic E-state index is 0.0540. The topological polar surface area (TPSA) is 33.0 Å². The van der Waals surface area contributed by atoms with Gasteiger partial charge in [0.2, 0.25) is 0 Å². The van der Waals surface area contributed by atoms with Gasteiger partial charge in [0.25, 0.3) is 0 Å². The van der Waals surface area contributed by atoms with E-state index in [4.69, 9.17) is 10.00 Å². The Hall–Kier alpha value is -2.41. The molecule has 0 aliphatic heterocycles. The highest BCUT2D eigenvalue weighted by molar-refractivity contribution is 5.37. The zero-order valence-electron chi connectivity index (χ0n) is 9.36. The number of para-hydroxylation sites is 1. The van der Waals surface area contributed by atoms with Crippen LogP contribution in [0.1, 0.15) is 11.1 Å². The van der Waals surface area contributed by atoms with Crippen molar-refractivity contribution in [3.8, 4) is 11.8 Å². The molecule has 0 aliphatic rings. The van der Waals surface area contributed by atoms with Crippen molar-refractivity contribution in [2.75, 3.05) is 0 Å². The molecule has 0 amide bonds. The van der Waals surface area contributed by atoms with Gasteiger partial charge in [-0.3, -0.25) is 0 Å². The largest absolute Gasteiger partial charge is 0.483 e. The van der Waals surface area contributed by atoms with Crippen molar-refractivity contribution in [1.29, 1.82) is 5.26 Å². The molecule has 0 aliphatic carbocycles. The molecule has 0 unspecified atom stereocenters. The molecule has 2 nitrogen and oxygen atoms in total. The standard InChI is InChI=1S/C14H9F2NO/c15-12-6-3-7-13(16)14(12)18-9-11-5-2-1-4-10(11)8-17/h1-7H,9H2. The maximum atomic E-state index is 13.3. The smallest absolute Gasteiger partial charge is 0.191 e. The van der Waals surface area contributed by atoms with Crippen molar-refractivity contribution in [2.24, 2.45) is 0 Å². The highest BCUT2D eigenvalue weighted by Crippen LogP contribution is 2.22. The van der Waals surface area contributed by atoms with E-state index in [1.54, 1.807) is 24.3 Å². The van der Waals surface area contributed by atoms with E-state index in [1.165, 1.54) is 6.07 Å². The summed E-state index contributed by atoms with van der Waals surface area (Å²) in [5.74, 6) is -1.95. The van der Waals surface area contributed by atoms with Gasteiger partial charge in [-0.1, -0.05) is 24.3 Å². The first-order valence-corrected chi connectivity index (χ1v) is 5.27. The summed E-state index contributed by atoms with van der Waals surface area (Å²) >= 11 is 0. The van der Waals surface area contributed by atoms with Crippen molar-refractivity contribution in [3.63, 3.8) is 0 Å². The Balaban J connectivity index is 2.20. The molecule has 2 rings (SSSR count). The molecule has 0 radical (unpaired) electrons. The predicted octanol–water partition coefficient (Wildman–Crippen LogP) is 3.42. The van der Waals surface area contributed by atoms with Crippen molar-refractivity contribution in [2.45, 2.75) is 6.61 Å². The Labute approximate surface area is 103 Å². The van der Waals surface area contributed by atoms with E-state index in [2.05, 4.69) is 0 Å². The van der Waals surface area contributed by atoms with Gasteiger partial charge in [-0.15, -0.1) is 0 Å². The second-order valence-corrected chi connectivity index (χ2v) is 3.61. The molecule has 0 fully saturated rings. The maximum absolute atomic E-state index is 13.3. The van der Waals surface area contributed by atoms with Crippen LogP contribution in [0.4, 0.5) is 8.78 Å². The third-order valence-electron chi connectivity index (χ3n) is 2.43. The highest BCUT2D eigenvalue weighted by Gasteiger charge is 2.10. The van der Waals surface area contributed by atoms with Gasteiger partial charge < -0.3 is 4.74 Å². The Morgan fingerprint density at radius 3 is 2.33 bits per heavy atom. The summed E-state index contributed by atoms with van der Waals surface area (Å²) in [5.41, 5.74) is 1.01. The van der Waals surface area contributed by atoms with Crippen LogP contribution in [0.5, 0.6) is 5.75 Å². The normalized spacial score (nSPS) is 9.83. The molecule has 0 bridgehead atoms. The number of halogens is 2. The molecule has 0 heterocycles. The first-order valence-electron chi connectivity index (χ1n) is 5.27. The lowest BCUT2D eigenvalue weighted by Crippen LogP contribution is -2.01. The second kappa shape index (κ2) is 5.28. The first-order chi connectivity index (χ1) is 8.72. The molecule has 0 saturated carbocycles. The summed E-state index contributed by atoms with van der Waals surface area (Å²) in [4.78, 5) is 0. The molecule has 0 saturated heterocycles. The number of hydrogen-bond donors (Lipinski definition) is 0. The van der Waals surface area contributed by atoms with Gasteiger partial charge in [0, 0.05) is 5.56 Å². The number of ether oxygens (including phenoxy) is 1. The average Bonchev–Trinajstić information content (AvgIpc) is 2.38. The number of nitriles is 1. The highest BCUT2D eigenvalue weighted by atomic mass is 19.1. The molecular formula is C14H9F2NO. The summed E-state index contributed by atoms with van der Waals surface area (Å²) in [5, 5.41) is 8.87. The zero-order chi connectivity index (χ0) is 13.0. The summed E-state index contributed by atoms with van der Waals surface area (Å²) in [6, 6.07) is 12.2. The fourth-order valence-electron chi connectivity index (χ4n) is 1.53. The Morgan fingerprint density at radius 2 is 1.67 bits per heavy atom. The lowest BCUT2D eigenvalue weighted by atomic mass is 10.1. The van der Waals surface area contributed by atoms with E-state index >= 15 is 0 Å². The van der Waals surface area contributed by atoms with E-state index in [0.29, 0.717) is 11.1 Å². The molecule has 18 heavy (non-hydrogen) atoms. The maximum Gasteiger partial charge on any atom is 0.191 e. The lowest BCUT2D eigenvalue weighted by Gasteiger charge is -2.09. The molecule has 90 valence electrons. The molecule has 0 spiro atoms. The van der Waals surface area contributed by atoms with E-state index in [0.717, 1.165) is 12.1 Å².